The monoisotopic (exact) mass is 463 g/mol. The van der Waals surface area contributed by atoms with Gasteiger partial charge in [0.25, 0.3) is 0 Å². The molecule has 2 aromatic heterocycles. The van der Waals surface area contributed by atoms with E-state index in [-0.39, 0.29) is 17.6 Å². The summed E-state index contributed by atoms with van der Waals surface area (Å²) in [4.78, 5) is 20.0. The van der Waals surface area contributed by atoms with Gasteiger partial charge in [-0.1, -0.05) is 41.2 Å². The molecule has 3 heterocycles. The van der Waals surface area contributed by atoms with Crippen molar-refractivity contribution in [2.45, 2.75) is 33.2 Å². The standard InChI is InChI=1S/C25H26FN5OS/c1-16-5-3-6-18(13-16)14-27-24(32)19-7-4-12-30(15-19)25-28-23-22(33-25)17(2)29-31(23)21-10-8-20(26)9-11-21/h3,5-6,8-11,13,19H,4,7,12,14-15H2,1-2H3,(H,27,32)/t19-/m1/s1. The molecule has 1 saturated heterocycles. The molecule has 33 heavy (non-hydrogen) atoms. The minimum absolute atomic E-state index is 0.0646. The summed E-state index contributed by atoms with van der Waals surface area (Å²) >= 11 is 1.60. The topological polar surface area (TPSA) is 63.1 Å². The van der Waals surface area contributed by atoms with Crippen molar-refractivity contribution in [2.75, 3.05) is 18.0 Å². The van der Waals surface area contributed by atoms with E-state index in [0.717, 1.165) is 51.8 Å². The highest BCUT2D eigenvalue weighted by atomic mass is 32.1. The zero-order valence-electron chi connectivity index (χ0n) is 18.7. The van der Waals surface area contributed by atoms with Crippen molar-refractivity contribution in [3.05, 3.63) is 71.2 Å². The van der Waals surface area contributed by atoms with E-state index in [4.69, 9.17) is 4.98 Å². The maximum absolute atomic E-state index is 13.4. The Balaban J connectivity index is 1.32. The van der Waals surface area contributed by atoms with E-state index in [0.29, 0.717) is 13.1 Å². The average molecular weight is 464 g/mol. The number of anilines is 1. The average Bonchev–Trinajstić information content (AvgIpc) is 3.39. The van der Waals surface area contributed by atoms with Crippen molar-refractivity contribution in [1.82, 2.24) is 20.1 Å². The Labute approximate surface area is 196 Å². The lowest BCUT2D eigenvalue weighted by molar-refractivity contribution is -0.125. The number of piperidine rings is 1. The number of carbonyl (C=O) groups excluding carboxylic acids is 1. The third-order valence-electron chi connectivity index (χ3n) is 6.06. The van der Waals surface area contributed by atoms with Gasteiger partial charge in [-0.15, -0.1) is 0 Å². The molecule has 1 aliphatic heterocycles. The Hall–Kier alpha value is -3.26. The molecule has 5 rings (SSSR count). The minimum Gasteiger partial charge on any atom is -0.352 e. The van der Waals surface area contributed by atoms with Gasteiger partial charge in [-0.2, -0.15) is 10.1 Å². The molecule has 1 N–H and O–H groups in total. The van der Waals surface area contributed by atoms with E-state index in [2.05, 4.69) is 34.4 Å². The lowest BCUT2D eigenvalue weighted by Crippen LogP contribution is -2.43. The summed E-state index contributed by atoms with van der Waals surface area (Å²) in [6, 6.07) is 14.5. The number of fused-ring (bicyclic) bond motifs is 1. The minimum atomic E-state index is -0.280. The maximum atomic E-state index is 13.4. The molecule has 2 aromatic carbocycles. The second kappa shape index (κ2) is 8.94. The van der Waals surface area contributed by atoms with E-state index in [1.165, 1.54) is 17.7 Å². The second-order valence-corrected chi connectivity index (χ2v) is 9.59. The number of carbonyl (C=O) groups is 1. The molecular formula is C25H26FN5OS. The van der Waals surface area contributed by atoms with Crippen LogP contribution in [0.4, 0.5) is 9.52 Å². The van der Waals surface area contributed by atoms with Gasteiger partial charge in [-0.05, 0) is 56.5 Å². The van der Waals surface area contributed by atoms with Gasteiger partial charge in [0.1, 0.15) is 5.82 Å². The molecule has 8 heteroatoms. The van der Waals surface area contributed by atoms with E-state index < -0.39 is 0 Å². The maximum Gasteiger partial charge on any atom is 0.225 e. The van der Waals surface area contributed by atoms with Crippen LogP contribution in [0.5, 0.6) is 0 Å². The van der Waals surface area contributed by atoms with Crippen LogP contribution in [-0.4, -0.2) is 33.8 Å². The number of aromatic nitrogens is 3. The predicted molar refractivity (Wildman–Crippen MR) is 129 cm³/mol. The quantitative estimate of drug-likeness (QED) is 0.463. The molecule has 1 atom stereocenters. The fourth-order valence-electron chi connectivity index (χ4n) is 4.34. The largest absolute Gasteiger partial charge is 0.352 e. The number of amides is 1. The Bertz CT molecular complexity index is 1300. The molecule has 6 nitrogen and oxygen atoms in total. The Kier molecular flexibility index (Phi) is 5.85. The highest BCUT2D eigenvalue weighted by Gasteiger charge is 2.28. The first-order valence-corrected chi connectivity index (χ1v) is 12.0. The Morgan fingerprint density at radius 1 is 1.21 bits per heavy atom. The normalized spacial score (nSPS) is 16.3. The van der Waals surface area contributed by atoms with Crippen LogP contribution in [0, 0.1) is 25.6 Å². The van der Waals surface area contributed by atoms with Gasteiger partial charge in [-0.3, -0.25) is 4.79 Å². The molecule has 170 valence electrons. The van der Waals surface area contributed by atoms with Crippen LogP contribution >= 0.6 is 11.3 Å². The zero-order valence-corrected chi connectivity index (χ0v) is 19.5. The van der Waals surface area contributed by atoms with Gasteiger partial charge in [0, 0.05) is 19.6 Å². The SMILES string of the molecule is Cc1cccc(CNC(=O)[C@@H]2CCCN(c3nc4c(s3)c(C)nn4-c3ccc(F)cc3)C2)c1. The summed E-state index contributed by atoms with van der Waals surface area (Å²) in [7, 11) is 0. The summed E-state index contributed by atoms with van der Waals surface area (Å²) in [5.41, 5.74) is 4.74. The van der Waals surface area contributed by atoms with Crippen LogP contribution in [0.1, 0.15) is 29.7 Å². The van der Waals surface area contributed by atoms with Crippen LogP contribution in [0.2, 0.25) is 0 Å². The summed E-state index contributed by atoms with van der Waals surface area (Å²) in [5.74, 6) is -0.251. The number of rotatable bonds is 5. The number of benzene rings is 2. The van der Waals surface area contributed by atoms with E-state index in [1.807, 2.05) is 19.1 Å². The summed E-state index contributed by atoms with van der Waals surface area (Å²) < 4.78 is 16.1. The molecular weight excluding hydrogens is 437 g/mol. The number of thiazole rings is 1. The second-order valence-electron chi connectivity index (χ2n) is 8.61. The van der Waals surface area contributed by atoms with Crippen LogP contribution in [0.3, 0.4) is 0 Å². The lowest BCUT2D eigenvalue weighted by Gasteiger charge is -2.31. The van der Waals surface area contributed by atoms with Gasteiger partial charge in [-0.25, -0.2) is 9.07 Å². The highest BCUT2D eigenvalue weighted by molar-refractivity contribution is 7.22. The van der Waals surface area contributed by atoms with Crippen LogP contribution in [0.25, 0.3) is 16.0 Å². The molecule has 1 aliphatic rings. The van der Waals surface area contributed by atoms with Gasteiger partial charge < -0.3 is 10.2 Å². The van der Waals surface area contributed by atoms with Crippen molar-refractivity contribution < 1.29 is 9.18 Å². The third-order valence-corrected chi connectivity index (χ3v) is 7.27. The Morgan fingerprint density at radius 3 is 2.82 bits per heavy atom. The van der Waals surface area contributed by atoms with Crippen LogP contribution in [-0.2, 0) is 11.3 Å². The number of hydrogen-bond acceptors (Lipinski definition) is 5. The first kappa shape index (κ1) is 21.6. The van der Waals surface area contributed by atoms with Crippen molar-refractivity contribution in [3.63, 3.8) is 0 Å². The van der Waals surface area contributed by atoms with Crippen molar-refractivity contribution in [2.24, 2.45) is 5.92 Å². The highest BCUT2D eigenvalue weighted by Crippen LogP contribution is 2.34. The molecule has 0 saturated carbocycles. The van der Waals surface area contributed by atoms with Crippen molar-refractivity contribution >= 4 is 32.7 Å². The molecule has 0 unspecified atom stereocenters. The molecule has 1 amide bonds. The van der Waals surface area contributed by atoms with Gasteiger partial charge >= 0.3 is 0 Å². The first-order chi connectivity index (χ1) is 16.0. The van der Waals surface area contributed by atoms with Gasteiger partial charge in [0.15, 0.2) is 10.8 Å². The zero-order chi connectivity index (χ0) is 22.9. The summed E-state index contributed by atoms with van der Waals surface area (Å²) in [6.07, 6.45) is 1.82. The summed E-state index contributed by atoms with van der Waals surface area (Å²) in [6.45, 7) is 6.09. The number of hydrogen-bond donors (Lipinski definition) is 1. The molecule has 4 aromatic rings. The third kappa shape index (κ3) is 4.48. The number of nitrogens with one attached hydrogen (secondary N) is 1. The van der Waals surface area contributed by atoms with Crippen molar-refractivity contribution in [1.29, 1.82) is 0 Å². The molecule has 0 aliphatic carbocycles. The Morgan fingerprint density at radius 2 is 2.03 bits per heavy atom. The molecule has 0 radical (unpaired) electrons. The van der Waals surface area contributed by atoms with E-state index in [1.54, 1.807) is 28.2 Å². The van der Waals surface area contributed by atoms with Crippen molar-refractivity contribution in [3.8, 4) is 5.69 Å². The predicted octanol–water partition coefficient (Wildman–Crippen LogP) is 4.77. The molecule has 0 spiro atoms. The van der Waals surface area contributed by atoms with Gasteiger partial charge in [0.2, 0.25) is 5.91 Å². The fourth-order valence-corrected chi connectivity index (χ4v) is 5.36. The number of nitrogens with zero attached hydrogens (tertiary/aromatic N) is 4. The lowest BCUT2D eigenvalue weighted by atomic mass is 9.97. The molecule has 0 bridgehead atoms. The van der Waals surface area contributed by atoms with Crippen LogP contribution in [0.15, 0.2) is 48.5 Å². The summed E-state index contributed by atoms with van der Waals surface area (Å²) in [5, 5.41) is 8.60. The van der Waals surface area contributed by atoms with E-state index in [9.17, 15) is 9.18 Å². The van der Waals surface area contributed by atoms with E-state index >= 15 is 0 Å². The fraction of sp³-hybridized carbons (Fsp3) is 0.320. The number of halogens is 1. The smallest absolute Gasteiger partial charge is 0.225 e. The van der Waals surface area contributed by atoms with Crippen LogP contribution < -0.4 is 10.2 Å². The number of aryl methyl sites for hydroxylation is 2. The van der Waals surface area contributed by atoms with Gasteiger partial charge in [0.05, 0.1) is 22.0 Å². The molecule has 1 fully saturated rings. The first-order valence-electron chi connectivity index (χ1n) is 11.2.